The first-order chi connectivity index (χ1) is 15.3. The minimum absolute atomic E-state index is 0.207. The van der Waals surface area contributed by atoms with Gasteiger partial charge in [-0.1, -0.05) is 91.0 Å². The number of hydrogen-bond donors (Lipinski definition) is 1. The number of hydrogen-bond acceptors (Lipinski definition) is 2. The highest BCUT2D eigenvalue weighted by Gasteiger charge is 2.32. The van der Waals surface area contributed by atoms with Crippen LogP contribution in [0.4, 0.5) is 0 Å². The molecule has 0 aliphatic rings. The van der Waals surface area contributed by atoms with Crippen LogP contribution in [0.25, 0.3) is 6.08 Å². The van der Waals surface area contributed by atoms with Gasteiger partial charge < -0.3 is 10.2 Å². The summed E-state index contributed by atoms with van der Waals surface area (Å²) in [5, 5.41) is 3.06. The smallest absolute Gasteiger partial charge is 0.247 e. The summed E-state index contributed by atoms with van der Waals surface area (Å²) >= 11 is 0. The maximum absolute atomic E-state index is 13.5. The Balaban J connectivity index is 2.01. The number of nitrogens with one attached hydrogen (secondary N) is 1. The molecule has 0 saturated heterocycles. The molecule has 164 valence electrons. The van der Waals surface area contributed by atoms with Gasteiger partial charge in [-0.25, -0.2) is 0 Å². The third-order valence-electron chi connectivity index (χ3n) is 4.87. The minimum atomic E-state index is -0.761. The number of carbonyl (C=O) groups is 2. The Bertz CT molecular complexity index is 1040. The molecule has 32 heavy (non-hydrogen) atoms. The predicted molar refractivity (Wildman–Crippen MR) is 130 cm³/mol. The topological polar surface area (TPSA) is 49.4 Å². The van der Waals surface area contributed by atoms with E-state index in [2.05, 4.69) is 5.32 Å². The molecule has 1 atom stereocenters. The quantitative estimate of drug-likeness (QED) is 0.515. The Labute approximate surface area is 190 Å². The molecule has 0 heterocycles. The van der Waals surface area contributed by atoms with Crippen molar-refractivity contribution in [1.29, 1.82) is 0 Å². The zero-order valence-corrected chi connectivity index (χ0v) is 18.9. The first kappa shape index (κ1) is 23.0. The SMILES string of the molecule is CC(C)(C)NC(=O)C(c1ccccc1)N(Cc1ccccc1)C(=O)/C=C/c1ccccc1. The van der Waals surface area contributed by atoms with Gasteiger partial charge in [0, 0.05) is 18.2 Å². The molecule has 0 aromatic heterocycles. The Morgan fingerprint density at radius 3 is 1.94 bits per heavy atom. The van der Waals surface area contributed by atoms with Crippen LogP contribution in [-0.4, -0.2) is 22.3 Å². The van der Waals surface area contributed by atoms with Crippen LogP contribution in [-0.2, 0) is 16.1 Å². The molecule has 3 aromatic rings. The van der Waals surface area contributed by atoms with Gasteiger partial charge in [-0.15, -0.1) is 0 Å². The molecule has 0 radical (unpaired) electrons. The third-order valence-corrected chi connectivity index (χ3v) is 4.87. The number of rotatable bonds is 7. The molecule has 1 unspecified atom stereocenters. The van der Waals surface area contributed by atoms with Crippen LogP contribution in [0.5, 0.6) is 0 Å². The fourth-order valence-electron chi connectivity index (χ4n) is 3.45. The monoisotopic (exact) mass is 426 g/mol. The van der Waals surface area contributed by atoms with E-state index in [1.54, 1.807) is 17.1 Å². The first-order valence-electron chi connectivity index (χ1n) is 10.8. The molecule has 0 aliphatic carbocycles. The van der Waals surface area contributed by atoms with Crippen molar-refractivity contribution in [2.45, 2.75) is 38.9 Å². The maximum Gasteiger partial charge on any atom is 0.247 e. The molecule has 3 aromatic carbocycles. The zero-order chi connectivity index (χ0) is 23.0. The summed E-state index contributed by atoms with van der Waals surface area (Å²) in [5.41, 5.74) is 2.23. The molecule has 4 heteroatoms. The lowest BCUT2D eigenvalue weighted by Crippen LogP contribution is -2.48. The highest BCUT2D eigenvalue weighted by Crippen LogP contribution is 2.25. The predicted octanol–water partition coefficient (Wildman–Crippen LogP) is 5.38. The lowest BCUT2D eigenvalue weighted by atomic mass is 10.0. The fourth-order valence-corrected chi connectivity index (χ4v) is 3.45. The fraction of sp³-hybridized carbons (Fsp3) is 0.214. The van der Waals surface area contributed by atoms with Crippen molar-refractivity contribution in [1.82, 2.24) is 10.2 Å². The van der Waals surface area contributed by atoms with E-state index in [4.69, 9.17) is 0 Å². The minimum Gasteiger partial charge on any atom is -0.349 e. The van der Waals surface area contributed by atoms with Gasteiger partial charge in [0.2, 0.25) is 11.8 Å². The molecule has 3 rings (SSSR count). The summed E-state index contributed by atoms with van der Waals surface area (Å²) in [6, 6.07) is 28.1. The van der Waals surface area contributed by atoms with Crippen LogP contribution in [0, 0.1) is 0 Å². The average Bonchev–Trinajstić information content (AvgIpc) is 2.78. The van der Waals surface area contributed by atoms with E-state index < -0.39 is 11.6 Å². The second kappa shape index (κ2) is 10.6. The van der Waals surface area contributed by atoms with Crippen LogP contribution in [0.3, 0.4) is 0 Å². The van der Waals surface area contributed by atoms with E-state index >= 15 is 0 Å². The Kier molecular flexibility index (Phi) is 7.61. The van der Waals surface area contributed by atoms with Crippen molar-refractivity contribution in [3.05, 3.63) is 114 Å². The third kappa shape index (κ3) is 6.67. The van der Waals surface area contributed by atoms with E-state index in [9.17, 15) is 9.59 Å². The lowest BCUT2D eigenvalue weighted by molar-refractivity contribution is -0.138. The molecule has 0 saturated carbocycles. The van der Waals surface area contributed by atoms with Gasteiger partial charge in [-0.2, -0.15) is 0 Å². The molecule has 0 bridgehead atoms. The number of benzene rings is 3. The summed E-state index contributed by atoms with van der Waals surface area (Å²) < 4.78 is 0. The van der Waals surface area contributed by atoms with Gasteiger partial charge in [0.05, 0.1) is 0 Å². The molecule has 0 fully saturated rings. The largest absolute Gasteiger partial charge is 0.349 e. The number of amides is 2. The van der Waals surface area contributed by atoms with Crippen LogP contribution in [0.1, 0.15) is 43.5 Å². The van der Waals surface area contributed by atoms with Gasteiger partial charge >= 0.3 is 0 Å². The molecular weight excluding hydrogens is 396 g/mol. The molecule has 4 nitrogen and oxygen atoms in total. The van der Waals surface area contributed by atoms with Gasteiger partial charge in [-0.05, 0) is 43.5 Å². The van der Waals surface area contributed by atoms with E-state index in [-0.39, 0.29) is 11.8 Å². The van der Waals surface area contributed by atoms with E-state index in [1.807, 2.05) is 112 Å². The summed E-state index contributed by atoms with van der Waals surface area (Å²) in [7, 11) is 0. The van der Waals surface area contributed by atoms with Crippen molar-refractivity contribution >= 4 is 17.9 Å². The van der Waals surface area contributed by atoms with Crippen LogP contribution in [0.15, 0.2) is 97.1 Å². The van der Waals surface area contributed by atoms with Crippen molar-refractivity contribution in [2.24, 2.45) is 0 Å². The van der Waals surface area contributed by atoms with Crippen LogP contribution < -0.4 is 5.32 Å². The van der Waals surface area contributed by atoms with Crippen molar-refractivity contribution < 1.29 is 9.59 Å². The maximum atomic E-state index is 13.5. The molecule has 1 N–H and O–H groups in total. The van der Waals surface area contributed by atoms with Crippen molar-refractivity contribution in [3.8, 4) is 0 Å². The molecule has 0 aliphatic heterocycles. The van der Waals surface area contributed by atoms with Crippen molar-refractivity contribution in [3.63, 3.8) is 0 Å². The first-order valence-corrected chi connectivity index (χ1v) is 10.8. The normalized spacial score (nSPS) is 12.3. The summed E-state index contributed by atoms with van der Waals surface area (Å²) in [5.74, 6) is -0.434. The lowest BCUT2D eigenvalue weighted by Gasteiger charge is -2.33. The Morgan fingerprint density at radius 2 is 1.38 bits per heavy atom. The van der Waals surface area contributed by atoms with Gasteiger partial charge in [-0.3, -0.25) is 9.59 Å². The summed E-state index contributed by atoms with van der Waals surface area (Å²) in [4.78, 5) is 28.5. The zero-order valence-electron chi connectivity index (χ0n) is 18.9. The Morgan fingerprint density at radius 1 is 0.844 bits per heavy atom. The van der Waals surface area contributed by atoms with E-state index in [0.29, 0.717) is 6.54 Å². The molecule has 0 spiro atoms. The standard InChI is InChI=1S/C28H30N2O2/c1-28(2,3)29-27(32)26(24-17-11-6-12-18-24)30(21-23-15-9-5-10-16-23)25(31)20-19-22-13-7-4-8-14-22/h4-20,26H,21H2,1-3H3,(H,29,32)/b20-19+. The molecule has 2 amide bonds. The second-order valence-electron chi connectivity index (χ2n) is 8.75. The van der Waals surface area contributed by atoms with E-state index in [1.165, 1.54) is 0 Å². The highest BCUT2D eigenvalue weighted by molar-refractivity contribution is 5.96. The van der Waals surface area contributed by atoms with Crippen LogP contribution in [0.2, 0.25) is 0 Å². The van der Waals surface area contributed by atoms with E-state index in [0.717, 1.165) is 16.7 Å². The highest BCUT2D eigenvalue weighted by atomic mass is 16.2. The van der Waals surface area contributed by atoms with Crippen LogP contribution >= 0.6 is 0 Å². The summed E-state index contributed by atoms with van der Waals surface area (Å²) in [6.45, 7) is 6.12. The molecular formula is C28H30N2O2. The number of carbonyl (C=O) groups excluding carboxylic acids is 2. The summed E-state index contributed by atoms with van der Waals surface area (Å²) in [6.07, 6.45) is 3.32. The average molecular weight is 427 g/mol. The Hall–Kier alpha value is -3.66. The van der Waals surface area contributed by atoms with Crippen molar-refractivity contribution in [2.75, 3.05) is 0 Å². The van der Waals surface area contributed by atoms with Gasteiger partial charge in [0.25, 0.3) is 0 Å². The second-order valence-corrected chi connectivity index (χ2v) is 8.75. The van der Waals surface area contributed by atoms with Gasteiger partial charge in [0.1, 0.15) is 6.04 Å². The number of nitrogens with zero attached hydrogens (tertiary/aromatic N) is 1. The van der Waals surface area contributed by atoms with Gasteiger partial charge in [0.15, 0.2) is 0 Å².